The summed E-state index contributed by atoms with van der Waals surface area (Å²) in [5, 5.41) is 8.70. The molecule has 1 fully saturated rings. The fourth-order valence-electron chi connectivity index (χ4n) is 4.57. The summed E-state index contributed by atoms with van der Waals surface area (Å²) in [6, 6.07) is 15.7. The third kappa shape index (κ3) is 2.67. The monoisotopic (exact) mass is 379 g/mol. The van der Waals surface area contributed by atoms with Gasteiger partial charge in [0.25, 0.3) is 0 Å². The van der Waals surface area contributed by atoms with Crippen LogP contribution in [0.1, 0.15) is 28.8 Å². The van der Waals surface area contributed by atoms with Gasteiger partial charge in [0, 0.05) is 24.1 Å². The van der Waals surface area contributed by atoms with Crippen molar-refractivity contribution in [1.29, 1.82) is 0 Å². The summed E-state index contributed by atoms with van der Waals surface area (Å²) < 4.78 is 13.7. The lowest BCUT2D eigenvalue weighted by molar-refractivity contribution is 0.295. The van der Waals surface area contributed by atoms with Crippen LogP contribution in [0, 0.1) is 12.7 Å². The van der Waals surface area contributed by atoms with Gasteiger partial charge in [-0.1, -0.05) is 29.8 Å². The first-order valence-corrected chi connectivity index (χ1v) is 9.55. The van der Waals surface area contributed by atoms with Crippen molar-refractivity contribution < 1.29 is 4.39 Å². The highest BCUT2D eigenvalue weighted by molar-refractivity contribution is 6.30. The number of aromatic nitrogens is 2. The van der Waals surface area contributed by atoms with Crippen molar-refractivity contribution in [2.45, 2.75) is 25.3 Å². The zero-order chi connectivity index (χ0) is 18.6. The van der Waals surface area contributed by atoms with Gasteiger partial charge in [0.05, 0.1) is 16.4 Å². The maximum Gasteiger partial charge on any atom is 0.141 e. The van der Waals surface area contributed by atoms with Crippen LogP contribution in [0.2, 0.25) is 5.02 Å². The van der Waals surface area contributed by atoms with E-state index in [-0.39, 0.29) is 16.3 Å². The quantitative estimate of drug-likeness (QED) is 0.643. The predicted molar refractivity (Wildman–Crippen MR) is 104 cm³/mol. The van der Waals surface area contributed by atoms with Crippen LogP contribution < -0.4 is 0 Å². The summed E-state index contributed by atoms with van der Waals surface area (Å²) in [6.45, 7) is 4.85. The van der Waals surface area contributed by atoms with E-state index >= 15 is 0 Å². The van der Waals surface area contributed by atoms with E-state index in [1.165, 1.54) is 17.2 Å². The summed E-state index contributed by atoms with van der Waals surface area (Å²) in [5.74, 6) is -0.365. The van der Waals surface area contributed by atoms with E-state index in [1.807, 2.05) is 25.1 Å². The van der Waals surface area contributed by atoms with Gasteiger partial charge in [-0.05, 0) is 66.9 Å². The molecule has 2 unspecified atom stereocenters. The molecule has 2 atom stereocenters. The Morgan fingerprint density at radius 1 is 1.07 bits per heavy atom. The minimum absolute atomic E-state index is 0.123. The van der Waals surface area contributed by atoms with Gasteiger partial charge in [-0.2, -0.15) is 10.2 Å². The maximum absolute atomic E-state index is 13.7. The lowest BCUT2D eigenvalue weighted by Crippen LogP contribution is -2.37. The molecule has 1 aromatic heterocycles. The number of hydrogen-bond acceptors (Lipinski definition) is 3. The molecule has 3 heterocycles. The summed E-state index contributed by atoms with van der Waals surface area (Å²) in [6.07, 6.45) is 1.02. The summed E-state index contributed by atoms with van der Waals surface area (Å²) in [5.41, 5.74) is 6.48. The topological polar surface area (TPSA) is 29.0 Å². The Kier molecular flexibility index (Phi) is 3.81. The van der Waals surface area contributed by atoms with Gasteiger partial charge in [-0.25, -0.2) is 4.39 Å². The van der Waals surface area contributed by atoms with E-state index in [2.05, 4.69) is 33.3 Å². The highest BCUT2D eigenvalue weighted by Crippen LogP contribution is 2.47. The largest absolute Gasteiger partial charge is 0.298 e. The Morgan fingerprint density at radius 2 is 1.96 bits per heavy atom. The minimum atomic E-state index is -0.365. The molecule has 1 saturated heterocycles. The number of nitrogens with zero attached hydrogens (tertiary/aromatic N) is 3. The first-order valence-electron chi connectivity index (χ1n) is 9.17. The molecule has 0 amide bonds. The lowest BCUT2D eigenvalue weighted by atomic mass is 9.71. The first kappa shape index (κ1) is 16.8. The van der Waals surface area contributed by atoms with Crippen molar-refractivity contribution in [1.82, 2.24) is 15.1 Å². The Labute approximate surface area is 162 Å². The number of fused-ring (bicyclic) bond motifs is 4. The second kappa shape index (κ2) is 6.11. The normalized spacial score (nSPS) is 23.3. The molecular weight excluding hydrogens is 361 g/mol. The average molecular weight is 380 g/mol. The maximum atomic E-state index is 13.7. The van der Waals surface area contributed by atoms with E-state index < -0.39 is 0 Å². The van der Waals surface area contributed by atoms with Crippen LogP contribution in [-0.2, 0) is 12.0 Å². The Bertz CT molecular complexity index is 1030. The molecular formula is C22H19ClFN3. The molecule has 2 bridgehead atoms. The third-order valence-corrected chi connectivity index (χ3v) is 6.22. The minimum Gasteiger partial charge on any atom is -0.298 e. The number of hydrogen-bond donors (Lipinski definition) is 0. The summed E-state index contributed by atoms with van der Waals surface area (Å²) in [7, 11) is 0. The smallest absolute Gasteiger partial charge is 0.141 e. The predicted octanol–water partition coefficient (Wildman–Crippen LogP) is 4.75. The van der Waals surface area contributed by atoms with Crippen molar-refractivity contribution in [3.8, 4) is 11.3 Å². The van der Waals surface area contributed by atoms with Crippen molar-refractivity contribution in [3.05, 3.63) is 81.8 Å². The van der Waals surface area contributed by atoms with E-state index in [4.69, 9.17) is 11.6 Å². The molecule has 5 heteroatoms. The number of rotatable bonds is 2. The Hall–Kier alpha value is -2.30. The standard InChI is InChI=1S/C22H19ClFN3/c1-14-2-7-21(26-25-14)15-3-5-18-16(10-15)12-27-9-8-22(18,13-27)17-4-6-20(24)19(23)11-17/h2-7,10-11H,8-9,12-13H2,1H3. The summed E-state index contributed by atoms with van der Waals surface area (Å²) in [4.78, 5) is 2.46. The molecule has 27 heavy (non-hydrogen) atoms. The van der Waals surface area contributed by atoms with Gasteiger partial charge in [0.1, 0.15) is 5.82 Å². The van der Waals surface area contributed by atoms with E-state index in [0.717, 1.165) is 48.6 Å². The SMILES string of the molecule is Cc1ccc(-c2ccc3c(c2)CN2CCC3(c3ccc(F)c(Cl)c3)C2)nn1. The van der Waals surface area contributed by atoms with Crippen LogP contribution in [0.15, 0.2) is 48.5 Å². The summed E-state index contributed by atoms with van der Waals surface area (Å²) >= 11 is 6.11. The van der Waals surface area contributed by atoms with Crippen molar-refractivity contribution >= 4 is 11.6 Å². The zero-order valence-corrected chi connectivity index (χ0v) is 15.8. The molecule has 2 aliphatic heterocycles. The van der Waals surface area contributed by atoms with E-state index in [0.29, 0.717) is 0 Å². The van der Waals surface area contributed by atoms with Crippen molar-refractivity contribution in [3.63, 3.8) is 0 Å². The van der Waals surface area contributed by atoms with Crippen molar-refractivity contribution in [2.75, 3.05) is 13.1 Å². The molecule has 0 spiro atoms. The van der Waals surface area contributed by atoms with Gasteiger partial charge in [-0.15, -0.1) is 0 Å². The lowest BCUT2D eigenvalue weighted by Gasteiger charge is -2.37. The van der Waals surface area contributed by atoms with Gasteiger partial charge >= 0.3 is 0 Å². The fourth-order valence-corrected chi connectivity index (χ4v) is 4.75. The van der Waals surface area contributed by atoms with Crippen LogP contribution in [0.5, 0.6) is 0 Å². The Balaban J connectivity index is 1.63. The Morgan fingerprint density at radius 3 is 2.74 bits per heavy atom. The molecule has 2 aliphatic rings. The molecule has 0 N–H and O–H groups in total. The van der Waals surface area contributed by atoms with Crippen LogP contribution in [0.3, 0.4) is 0 Å². The number of halogens is 2. The van der Waals surface area contributed by atoms with Crippen LogP contribution in [0.25, 0.3) is 11.3 Å². The van der Waals surface area contributed by atoms with Gasteiger partial charge < -0.3 is 0 Å². The van der Waals surface area contributed by atoms with Gasteiger partial charge in [0.15, 0.2) is 0 Å². The van der Waals surface area contributed by atoms with E-state index in [1.54, 1.807) is 6.07 Å². The fraction of sp³-hybridized carbons (Fsp3) is 0.273. The number of benzene rings is 2. The molecule has 0 saturated carbocycles. The molecule has 2 aromatic carbocycles. The second-order valence-corrected chi connectivity index (χ2v) is 8.01. The first-order chi connectivity index (χ1) is 13.0. The number of aryl methyl sites for hydroxylation is 1. The van der Waals surface area contributed by atoms with Crippen LogP contribution >= 0.6 is 11.6 Å². The van der Waals surface area contributed by atoms with Crippen molar-refractivity contribution in [2.24, 2.45) is 0 Å². The highest BCUT2D eigenvalue weighted by Gasteiger charge is 2.45. The molecule has 136 valence electrons. The van der Waals surface area contributed by atoms with E-state index in [9.17, 15) is 4.39 Å². The molecule has 3 aromatic rings. The van der Waals surface area contributed by atoms with Gasteiger partial charge in [0.2, 0.25) is 0 Å². The molecule has 5 rings (SSSR count). The third-order valence-electron chi connectivity index (χ3n) is 5.93. The molecule has 0 aliphatic carbocycles. The zero-order valence-electron chi connectivity index (χ0n) is 15.0. The molecule has 0 radical (unpaired) electrons. The highest BCUT2D eigenvalue weighted by atomic mass is 35.5. The van der Waals surface area contributed by atoms with Gasteiger partial charge in [-0.3, -0.25) is 4.90 Å². The molecule has 3 nitrogen and oxygen atoms in total. The van der Waals surface area contributed by atoms with Crippen LogP contribution in [-0.4, -0.2) is 28.2 Å². The van der Waals surface area contributed by atoms with Crippen LogP contribution in [0.4, 0.5) is 4.39 Å². The average Bonchev–Trinajstić information content (AvgIpc) is 3.03. The second-order valence-electron chi connectivity index (χ2n) is 7.60.